The number of nitrogens with zero attached hydrogens (tertiary/aromatic N) is 2. The van der Waals surface area contributed by atoms with Crippen molar-refractivity contribution in [1.82, 2.24) is 0 Å². The molecule has 0 unspecified atom stereocenters. The minimum atomic E-state index is 0.930. The van der Waals surface area contributed by atoms with Gasteiger partial charge in [0.15, 0.2) is 12.4 Å². The zero-order chi connectivity index (χ0) is 17.3. The van der Waals surface area contributed by atoms with Crippen LogP contribution < -0.4 is 4.57 Å². The number of rotatable bonds is 15. The summed E-state index contributed by atoms with van der Waals surface area (Å²) in [5.41, 5.74) is 0.930. The number of aryl methyl sites for hydroxylation is 1. The summed E-state index contributed by atoms with van der Waals surface area (Å²) in [4.78, 5) is 0. The number of unbranched alkanes of at least 4 members (excludes halogenated alkanes) is 12. The van der Waals surface area contributed by atoms with E-state index in [-0.39, 0.29) is 0 Å². The molecule has 0 spiro atoms. The first-order chi connectivity index (χ1) is 11.9. The van der Waals surface area contributed by atoms with Gasteiger partial charge in [-0.25, -0.2) is 4.57 Å². The molecule has 1 aromatic rings. The molecule has 0 aliphatic heterocycles. The third-order valence-electron chi connectivity index (χ3n) is 4.64. The smallest absolute Gasteiger partial charge is 0.169 e. The Labute approximate surface area is 148 Å². The number of hydrogen-bond acceptors (Lipinski definition) is 2. The van der Waals surface area contributed by atoms with Gasteiger partial charge in [-0.1, -0.05) is 82.7 Å². The van der Waals surface area contributed by atoms with E-state index in [2.05, 4.69) is 29.0 Å². The minimum absolute atomic E-state index is 0.930. The zero-order valence-electron chi connectivity index (χ0n) is 15.6. The molecule has 0 saturated heterocycles. The number of aromatic nitrogens is 1. The molecular formula is C21H37N2O+. The van der Waals surface area contributed by atoms with Crippen LogP contribution in [0.4, 0.5) is 0 Å². The van der Waals surface area contributed by atoms with E-state index >= 15 is 0 Å². The fourth-order valence-electron chi connectivity index (χ4n) is 3.08. The van der Waals surface area contributed by atoms with E-state index in [1.165, 1.54) is 89.7 Å². The van der Waals surface area contributed by atoms with E-state index in [0.29, 0.717) is 0 Å². The van der Waals surface area contributed by atoms with Crippen LogP contribution >= 0.6 is 0 Å². The first kappa shape index (κ1) is 20.7. The quantitative estimate of drug-likeness (QED) is 0.141. The molecule has 24 heavy (non-hydrogen) atoms. The van der Waals surface area contributed by atoms with E-state index < -0.39 is 0 Å². The van der Waals surface area contributed by atoms with Crippen molar-refractivity contribution < 1.29 is 9.77 Å². The van der Waals surface area contributed by atoms with Crippen molar-refractivity contribution >= 4 is 6.21 Å². The van der Waals surface area contributed by atoms with Crippen molar-refractivity contribution in [3.63, 3.8) is 0 Å². The molecule has 0 fully saturated rings. The first-order valence-corrected chi connectivity index (χ1v) is 10.0. The average molecular weight is 334 g/mol. The summed E-state index contributed by atoms with van der Waals surface area (Å²) in [7, 11) is 0. The van der Waals surface area contributed by atoms with Gasteiger partial charge in [0.1, 0.15) is 6.54 Å². The molecule has 0 amide bonds. The van der Waals surface area contributed by atoms with Crippen LogP contribution in [0.1, 0.15) is 96.0 Å². The molecule has 136 valence electrons. The average Bonchev–Trinajstić information content (AvgIpc) is 2.60. The standard InChI is InChI=1S/C21H36N2O/c1-2-3-4-5-6-7-8-9-10-11-12-13-14-17-23-18-15-21(16-19-23)20-22-24/h15-16,18-20H,2-14,17H2,1H3/p+1. The lowest BCUT2D eigenvalue weighted by atomic mass is 10.0. The zero-order valence-corrected chi connectivity index (χ0v) is 15.6. The number of oxime groups is 1. The topological polar surface area (TPSA) is 36.5 Å². The largest absolute Gasteiger partial charge is 0.411 e. The van der Waals surface area contributed by atoms with Crippen LogP contribution in [-0.4, -0.2) is 11.4 Å². The molecular weight excluding hydrogens is 296 g/mol. The second-order valence-electron chi connectivity index (χ2n) is 6.86. The van der Waals surface area contributed by atoms with Gasteiger partial charge in [0.2, 0.25) is 0 Å². The van der Waals surface area contributed by atoms with Gasteiger partial charge < -0.3 is 5.21 Å². The lowest BCUT2D eigenvalue weighted by Gasteiger charge is -2.02. The van der Waals surface area contributed by atoms with E-state index in [0.717, 1.165) is 12.1 Å². The Bertz CT molecular complexity index is 414. The summed E-state index contributed by atoms with van der Waals surface area (Å²) in [6.07, 6.45) is 23.7. The number of pyridine rings is 1. The third-order valence-corrected chi connectivity index (χ3v) is 4.64. The van der Waals surface area contributed by atoms with Crippen molar-refractivity contribution in [2.45, 2.75) is 96.9 Å². The van der Waals surface area contributed by atoms with Crippen molar-refractivity contribution in [2.24, 2.45) is 5.16 Å². The highest BCUT2D eigenvalue weighted by Gasteiger charge is 2.00. The van der Waals surface area contributed by atoms with Gasteiger partial charge in [-0.2, -0.15) is 0 Å². The third kappa shape index (κ3) is 11.2. The predicted octanol–water partition coefficient (Wildman–Crippen LogP) is 5.87. The minimum Gasteiger partial charge on any atom is -0.411 e. The van der Waals surface area contributed by atoms with Gasteiger partial charge in [-0.15, -0.1) is 0 Å². The monoisotopic (exact) mass is 333 g/mol. The first-order valence-electron chi connectivity index (χ1n) is 10.0. The van der Waals surface area contributed by atoms with Crippen molar-refractivity contribution in [2.75, 3.05) is 0 Å². The van der Waals surface area contributed by atoms with Crippen LogP contribution in [0.25, 0.3) is 0 Å². The molecule has 0 bridgehead atoms. The van der Waals surface area contributed by atoms with Gasteiger partial charge in [-0.3, -0.25) is 0 Å². The molecule has 0 aliphatic rings. The summed E-state index contributed by atoms with van der Waals surface area (Å²) in [6, 6.07) is 3.95. The van der Waals surface area contributed by atoms with E-state index in [9.17, 15) is 0 Å². The Hall–Kier alpha value is -1.38. The fraction of sp³-hybridized carbons (Fsp3) is 0.714. The second-order valence-corrected chi connectivity index (χ2v) is 6.86. The highest BCUT2D eigenvalue weighted by atomic mass is 16.4. The predicted molar refractivity (Wildman–Crippen MR) is 102 cm³/mol. The second kappa shape index (κ2) is 15.2. The highest BCUT2D eigenvalue weighted by Crippen LogP contribution is 2.12. The molecule has 1 aromatic heterocycles. The highest BCUT2D eigenvalue weighted by molar-refractivity contribution is 5.78. The van der Waals surface area contributed by atoms with Crippen LogP contribution in [0.2, 0.25) is 0 Å². The fourth-order valence-corrected chi connectivity index (χ4v) is 3.08. The summed E-state index contributed by atoms with van der Waals surface area (Å²) in [6.45, 7) is 3.36. The number of hydrogen-bond donors (Lipinski definition) is 1. The van der Waals surface area contributed by atoms with Gasteiger partial charge in [0, 0.05) is 24.1 Å². The van der Waals surface area contributed by atoms with Gasteiger partial charge in [-0.05, 0) is 6.42 Å². The Balaban J connectivity index is 1.86. The van der Waals surface area contributed by atoms with Gasteiger partial charge in [0.05, 0.1) is 6.21 Å². The van der Waals surface area contributed by atoms with Crippen LogP contribution in [-0.2, 0) is 6.54 Å². The molecule has 1 rings (SSSR count). The Morgan fingerprint density at radius 3 is 1.71 bits per heavy atom. The Morgan fingerprint density at radius 2 is 1.25 bits per heavy atom. The van der Waals surface area contributed by atoms with Crippen LogP contribution in [0.5, 0.6) is 0 Å². The van der Waals surface area contributed by atoms with Crippen molar-refractivity contribution in [3.05, 3.63) is 30.1 Å². The molecule has 0 atom stereocenters. The molecule has 0 aromatic carbocycles. The molecule has 0 aliphatic carbocycles. The van der Waals surface area contributed by atoms with Crippen molar-refractivity contribution in [3.8, 4) is 0 Å². The maximum Gasteiger partial charge on any atom is 0.169 e. The van der Waals surface area contributed by atoms with Gasteiger partial charge in [0.25, 0.3) is 0 Å². The van der Waals surface area contributed by atoms with Crippen LogP contribution in [0.3, 0.4) is 0 Å². The SMILES string of the molecule is CCCCCCCCCCCCCCC[n+]1ccc(C=NO)cc1. The Kier molecular flexibility index (Phi) is 13.1. The summed E-state index contributed by atoms with van der Waals surface area (Å²) in [5.74, 6) is 0. The molecule has 3 nitrogen and oxygen atoms in total. The maximum absolute atomic E-state index is 8.49. The molecule has 0 radical (unpaired) electrons. The Morgan fingerprint density at radius 1 is 0.792 bits per heavy atom. The molecule has 3 heteroatoms. The van der Waals surface area contributed by atoms with Crippen molar-refractivity contribution in [1.29, 1.82) is 0 Å². The lowest BCUT2D eigenvalue weighted by Crippen LogP contribution is -2.32. The lowest BCUT2D eigenvalue weighted by molar-refractivity contribution is -0.697. The van der Waals surface area contributed by atoms with Crippen LogP contribution in [0, 0.1) is 0 Å². The van der Waals surface area contributed by atoms with E-state index in [1.54, 1.807) is 0 Å². The van der Waals surface area contributed by atoms with Crippen LogP contribution in [0.15, 0.2) is 29.7 Å². The van der Waals surface area contributed by atoms with E-state index in [1.807, 2.05) is 12.1 Å². The van der Waals surface area contributed by atoms with Gasteiger partial charge >= 0.3 is 0 Å². The maximum atomic E-state index is 8.49. The molecule has 1 N–H and O–H groups in total. The molecule has 1 heterocycles. The molecule has 0 saturated carbocycles. The summed E-state index contributed by atoms with van der Waals surface area (Å²) >= 11 is 0. The van der Waals surface area contributed by atoms with E-state index in [4.69, 9.17) is 5.21 Å². The summed E-state index contributed by atoms with van der Waals surface area (Å²) < 4.78 is 2.20. The summed E-state index contributed by atoms with van der Waals surface area (Å²) in [5, 5.41) is 11.5. The normalized spacial score (nSPS) is 11.4.